The van der Waals surface area contributed by atoms with Gasteiger partial charge < -0.3 is 10.2 Å². The van der Waals surface area contributed by atoms with Crippen LogP contribution in [0.1, 0.15) is 103 Å². The van der Waals surface area contributed by atoms with E-state index >= 15 is 0 Å². The van der Waals surface area contributed by atoms with Crippen molar-refractivity contribution in [2.75, 3.05) is 13.2 Å². The molecule has 0 fully saturated rings. The highest BCUT2D eigenvalue weighted by atomic mass is 16.3. The molecule has 0 saturated heterocycles. The Bertz CT molecular complexity index is 354. The molecule has 2 heteroatoms. The summed E-state index contributed by atoms with van der Waals surface area (Å²) < 4.78 is 0. The second-order valence-corrected chi connectivity index (χ2v) is 6.40. The molecule has 2 nitrogen and oxygen atoms in total. The Labute approximate surface area is 150 Å². The molecular formula is C22H38O2. The molecule has 0 atom stereocenters. The third-order valence-electron chi connectivity index (χ3n) is 4.05. The molecule has 0 bridgehead atoms. The molecule has 0 aromatic carbocycles. The van der Waals surface area contributed by atoms with Crippen molar-refractivity contribution in [3.63, 3.8) is 0 Å². The van der Waals surface area contributed by atoms with Gasteiger partial charge in [-0.1, -0.05) is 51.4 Å². The van der Waals surface area contributed by atoms with Crippen LogP contribution in [0.15, 0.2) is 0 Å². The van der Waals surface area contributed by atoms with Crippen LogP contribution >= 0.6 is 0 Å². The first-order valence-electron chi connectivity index (χ1n) is 10.0. The van der Waals surface area contributed by atoms with E-state index in [2.05, 4.69) is 23.7 Å². The summed E-state index contributed by atoms with van der Waals surface area (Å²) in [5.41, 5.74) is 0. The van der Waals surface area contributed by atoms with Crippen molar-refractivity contribution in [3.05, 3.63) is 0 Å². The molecule has 0 amide bonds. The van der Waals surface area contributed by atoms with Crippen LogP contribution in [0.25, 0.3) is 0 Å². The monoisotopic (exact) mass is 334 g/mol. The first-order chi connectivity index (χ1) is 11.9. The molecule has 0 heterocycles. The molecule has 24 heavy (non-hydrogen) atoms. The average Bonchev–Trinajstić information content (AvgIpc) is 2.60. The van der Waals surface area contributed by atoms with E-state index in [0.29, 0.717) is 13.0 Å². The van der Waals surface area contributed by atoms with Crippen molar-refractivity contribution in [2.45, 2.75) is 103 Å². The SMILES string of the molecule is OCCC#CCCCCCCCC#CCCCCCCCCCO. The van der Waals surface area contributed by atoms with Crippen LogP contribution in [-0.2, 0) is 0 Å². The van der Waals surface area contributed by atoms with Crippen LogP contribution in [0, 0.1) is 23.7 Å². The fraction of sp³-hybridized carbons (Fsp3) is 0.818. The maximum atomic E-state index is 8.69. The zero-order chi connectivity index (χ0) is 17.6. The van der Waals surface area contributed by atoms with Crippen LogP contribution in [0.4, 0.5) is 0 Å². The Morgan fingerprint density at radius 3 is 1.04 bits per heavy atom. The van der Waals surface area contributed by atoms with Gasteiger partial charge in [-0.05, 0) is 25.7 Å². The average molecular weight is 335 g/mol. The molecule has 0 aromatic heterocycles. The molecule has 138 valence electrons. The highest BCUT2D eigenvalue weighted by molar-refractivity contribution is 4.99. The van der Waals surface area contributed by atoms with Crippen LogP contribution in [0.3, 0.4) is 0 Å². The summed E-state index contributed by atoms with van der Waals surface area (Å²) >= 11 is 0. The Balaban J connectivity index is 3.14. The van der Waals surface area contributed by atoms with Crippen LogP contribution < -0.4 is 0 Å². The minimum absolute atomic E-state index is 0.180. The van der Waals surface area contributed by atoms with E-state index in [1.165, 1.54) is 70.6 Å². The van der Waals surface area contributed by atoms with Gasteiger partial charge >= 0.3 is 0 Å². The lowest BCUT2D eigenvalue weighted by atomic mass is 10.1. The molecule has 0 aliphatic carbocycles. The summed E-state index contributed by atoms with van der Waals surface area (Å²) in [4.78, 5) is 0. The van der Waals surface area contributed by atoms with E-state index in [-0.39, 0.29) is 6.61 Å². The highest BCUT2D eigenvalue weighted by Gasteiger charge is 1.91. The second kappa shape index (κ2) is 22.0. The third-order valence-corrected chi connectivity index (χ3v) is 4.05. The van der Waals surface area contributed by atoms with E-state index in [1.807, 2.05) is 0 Å². The van der Waals surface area contributed by atoms with Crippen molar-refractivity contribution >= 4 is 0 Å². The lowest BCUT2D eigenvalue weighted by Crippen LogP contribution is -1.84. The summed E-state index contributed by atoms with van der Waals surface area (Å²) in [5, 5.41) is 17.3. The predicted molar refractivity (Wildman–Crippen MR) is 104 cm³/mol. The maximum Gasteiger partial charge on any atom is 0.0540 e. The summed E-state index contributed by atoms with van der Waals surface area (Å²) in [6.45, 7) is 0.523. The number of hydrogen-bond acceptors (Lipinski definition) is 2. The molecule has 0 aliphatic heterocycles. The van der Waals surface area contributed by atoms with Crippen molar-refractivity contribution in [2.24, 2.45) is 0 Å². The molecule has 0 saturated carbocycles. The van der Waals surface area contributed by atoms with Gasteiger partial charge in [0.2, 0.25) is 0 Å². The molecule has 0 spiro atoms. The molecule has 0 aromatic rings. The standard InChI is InChI=1S/C22H38O2/c23-21-19-17-15-13-11-9-7-5-3-1-2-4-6-8-10-12-14-16-18-20-22-24/h23-24H,1,3,5-14,16,18-22H2. The molecule has 2 N–H and O–H groups in total. The fourth-order valence-electron chi connectivity index (χ4n) is 2.58. The van der Waals surface area contributed by atoms with Crippen molar-refractivity contribution in [3.8, 4) is 23.7 Å². The van der Waals surface area contributed by atoms with E-state index in [0.717, 1.165) is 25.7 Å². The van der Waals surface area contributed by atoms with Gasteiger partial charge in [0.15, 0.2) is 0 Å². The molecule has 0 unspecified atom stereocenters. The van der Waals surface area contributed by atoms with Gasteiger partial charge in [-0.2, -0.15) is 0 Å². The number of hydrogen-bond donors (Lipinski definition) is 2. The van der Waals surface area contributed by atoms with Crippen molar-refractivity contribution in [1.29, 1.82) is 0 Å². The Morgan fingerprint density at radius 1 is 0.333 bits per heavy atom. The number of unbranched alkanes of at least 4 members (excludes halogenated alkanes) is 13. The number of rotatable bonds is 15. The minimum atomic E-state index is 0.180. The van der Waals surface area contributed by atoms with Gasteiger partial charge in [0.1, 0.15) is 0 Å². The van der Waals surface area contributed by atoms with Crippen LogP contribution in [0.2, 0.25) is 0 Å². The Morgan fingerprint density at radius 2 is 0.667 bits per heavy atom. The van der Waals surface area contributed by atoms with E-state index in [9.17, 15) is 0 Å². The molecule has 0 aliphatic rings. The summed E-state index contributed by atoms with van der Waals surface area (Å²) in [6, 6.07) is 0. The lowest BCUT2D eigenvalue weighted by Gasteiger charge is -1.99. The normalized spacial score (nSPS) is 9.92. The maximum absolute atomic E-state index is 8.69. The zero-order valence-corrected chi connectivity index (χ0v) is 15.6. The van der Waals surface area contributed by atoms with Gasteiger partial charge in [-0.25, -0.2) is 0 Å². The van der Waals surface area contributed by atoms with Crippen LogP contribution in [-0.4, -0.2) is 23.4 Å². The highest BCUT2D eigenvalue weighted by Crippen LogP contribution is 2.08. The summed E-state index contributed by atoms with van der Waals surface area (Å²) in [7, 11) is 0. The molecule has 0 rings (SSSR count). The Kier molecular flexibility index (Phi) is 21.2. The second-order valence-electron chi connectivity index (χ2n) is 6.40. The van der Waals surface area contributed by atoms with Gasteiger partial charge in [0.25, 0.3) is 0 Å². The van der Waals surface area contributed by atoms with Crippen LogP contribution in [0.5, 0.6) is 0 Å². The smallest absolute Gasteiger partial charge is 0.0540 e. The first-order valence-corrected chi connectivity index (χ1v) is 10.0. The fourth-order valence-corrected chi connectivity index (χ4v) is 2.58. The largest absolute Gasteiger partial charge is 0.396 e. The van der Waals surface area contributed by atoms with Crippen molar-refractivity contribution < 1.29 is 10.2 Å². The van der Waals surface area contributed by atoms with E-state index < -0.39 is 0 Å². The quantitative estimate of drug-likeness (QED) is 0.318. The summed E-state index contributed by atoms with van der Waals surface area (Å²) in [5.74, 6) is 12.7. The van der Waals surface area contributed by atoms with E-state index in [4.69, 9.17) is 10.2 Å². The first kappa shape index (κ1) is 23.0. The Hall–Kier alpha value is -0.960. The molecular weight excluding hydrogens is 296 g/mol. The third kappa shape index (κ3) is 21.0. The summed E-state index contributed by atoms with van der Waals surface area (Å²) in [6.07, 6.45) is 18.5. The predicted octanol–water partition coefficient (Wildman–Crippen LogP) is 5.22. The molecule has 0 radical (unpaired) electrons. The number of aliphatic hydroxyl groups is 2. The van der Waals surface area contributed by atoms with Gasteiger partial charge in [0, 0.05) is 32.3 Å². The van der Waals surface area contributed by atoms with Crippen molar-refractivity contribution in [1.82, 2.24) is 0 Å². The zero-order valence-electron chi connectivity index (χ0n) is 15.6. The van der Waals surface area contributed by atoms with Gasteiger partial charge in [-0.15, -0.1) is 23.7 Å². The number of aliphatic hydroxyl groups excluding tert-OH is 2. The van der Waals surface area contributed by atoms with Gasteiger partial charge in [0.05, 0.1) is 6.61 Å². The minimum Gasteiger partial charge on any atom is -0.396 e. The van der Waals surface area contributed by atoms with E-state index in [1.54, 1.807) is 0 Å². The van der Waals surface area contributed by atoms with Gasteiger partial charge in [-0.3, -0.25) is 0 Å². The lowest BCUT2D eigenvalue weighted by molar-refractivity contribution is 0.282. The topological polar surface area (TPSA) is 40.5 Å².